The molecule has 0 unspecified atom stereocenters. The van der Waals surface area contributed by atoms with Crippen LogP contribution in [0, 0.1) is 11.8 Å². The monoisotopic (exact) mass is 304 g/mol. The average Bonchev–Trinajstić information content (AvgIpc) is 2.62. The first-order chi connectivity index (χ1) is 11.4. The van der Waals surface area contributed by atoms with Gasteiger partial charge in [-0.05, 0) is 37.1 Å². The van der Waals surface area contributed by atoms with Gasteiger partial charge in [-0.15, -0.1) is 0 Å². The lowest BCUT2D eigenvalue weighted by Gasteiger charge is -2.15. The normalized spacial score (nSPS) is 10.3. The van der Waals surface area contributed by atoms with Crippen LogP contribution in [0.4, 0.5) is 5.69 Å². The van der Waals surface area contributed by atoms with Gasteiger partial charge < -0.3 is 0 Å². The van der Waals surface area contributed by atoms with Gasteiger partial charge in [0.05, 0.1) is 5.69 Å². The molecule has 0 aliphatic carbocycles. The molecular formula is C21H24N2. The molecule has 0 amide bonds. The molecule has 0 saturated carbocycles. The summed E-state index contributed by atoms with van der Waals surface area (Å²) >= 11 is 0. The van der Waals surface area contributed by atoms with E-state index >= 15 is 0 Å². The van der Waals surface area contributed by atoms with E-state index in [1.807, 2.05) is 59.8 Å². The van der Waals surface area contributed by atoms with Crippen molar-refractivity contribution in [1.82, 2.24) is 0 Å². The zero-order chi connectivity index (χ0) is 16.2. The molecule has 0 atom stereocenters. The maximum atomic E-state index is 4.60. The maximum absolute atomic E-state index is 4.60. The molecule has 0 N–H and O–H groups in total. The molecule has 0 fully saturated rings. The quantitative estimate of drug-likeness (QED) is 0.300. The van der Waals surface area contributed by atoms with Crippen LogP contribution in [0.15, 0.2) is 65.8 Å². The first-order valence-electron chi connectivity index (χ1n) is 8.29. The van der Waals surface area contributed by atoms with E-state index in [4.69, 9.17) is 0 Å². The number of para-hydroxylation sites is 1. The molecule has 2 aromatic carbocycles. The van der Waals surface area contributed by atoms with Gasteiger partial charge in [0, 0.05) is 11.8 Å². The SMILES string of the molecule is CCCCC/C=N/N(CC#Cc1ccccc1)c1ccccc1. The van der Waals surface area contributed by atoms with Gasteiger partial charge >= 0.3 is 0 Å². The van der Waals surface area contributed by atoms with Gasteiger partial charge in [0.1, 0.15) is 6.54 Å². The summed E-state index contributed by atoms with van der Waals surface area (Å²) in [5.41, 5.74) is 2.11. The highest BCUT2D eigenvalue weighted by Crippen LogP contribution is 2.13. The van der Waals surface area contributed by atoms with Crippen LogP contribution in [0.2, 0.25) is 0 Å². The van der Waals surface area contributed by atoms with E-state index in [2.05, 4.69) is 36.0 Å². The number of rotatable bonds is 7. The Kier molecular flexibility index (Phi) is 7.49. The average molecular weight is 304 g/mol. The van der Waals surface area contributed by atoms with Crippen LogP contribution < -0.4 is 5.01 Å². The van der Waals surface area contributed by atoms with E-state index in [9.17, 15) is 0 Å². The summed E-state index contributed by atoms with van der Waals surface area (Å²) in [6, 6.07) is 20.3. The Morgan fingerprint density at radius 3 is 2.35 bits per heavy atom. The largest absolute Gasteiger partial charge is 0.254 e. The van der Waals surface area contributed by atoms with Crippen molar-refractivity contribution in [3.63, 3.8) is 0 Å². The van der Waals surface area contributed by atoms with E-state index in [1.165, 1.54) is 19.3 Å². The summed E-state index contributed by atoms with van der Waals surface area (Å²) in [7, 11) is 0. The van der Waals surface area contributed by atoms with Gasteiger partial charge in [0.15, 0.2) is 0 Å². The van der Waals surface area contributed by atoms with Crippen LogP contribution in [0.5, 0.6) is 0 Å². The van der Waals surface area contributed by atoms with Crippen LogP contribution in [-0.2, 0) is 0 Å². The van der Waals surface area contributed by atoms with Gasteiger partial charge in [-0.3, -0.25) is 5.01 Å². The lowest BCUT2D eigenvalue weighted by Crippen LogP contribution is -2.16. The Labute approximate surface area is 139 Å². The summed E-state index contributed by atoms with van der Waals surface area (Å²) in [6.07, 6.45) is 6.71. The Bertz CT molecular complexity index is 636. The van der Waals surface area contributed by atoms with E-state index in [0.29, 0.717) is 6.54 Å². The van der Waals surface area contributed by atoms with Crippen LogP contribution in [0.1, 0.15) is 38.2 Å². The zero-order valence-electron chi connectivity index (χ0n) is 13.8. The molecule has 0 heterocycles. The third-order valence-corrected chi connectivity index (χ3v) is 3.45. The molecule has 2 rings (SSSR count). The second-order valence-electron chi connectivity index (χ2n) is 5.35. The molecule has 0 aliphatic rings. The molecule has 2 heteroatoms. The zero-order valence-corrected chi connectivity index (χ0v) is 13.8. The van der Waals surface area contributed by atoms with Crippen molar-refractivity contribution in [2.24, 2.45) is 5.10 Å². The van der Waals surface area contributed by atoms with Crippen molar-refractivity contribution in [2.75, 3.05) is 11.6 Å². The fraction of sp³-hybridized carbons (Fsp3) is 0.286. The highest BCUT2D eigenvalue weighted by molar-refractivity contribution is 5.60. The lowest BCUT2D eigenvalue weighted by molar-refractivity contribution is 0.744. The number of unbranched alkanes of at least 4 members (excludes halogenated alkanes) is 3. The molecule has 0 radical (unpaired) electrons. The summed E-state index contributed by atoms with van der Waals surface area (Å²) in [6.45, 7) is 2.80. The predicted octanol–water partition coefficient (Wildman–Crippen LogP) is 5.11. The summed E-state index contributed by atoms with van der Waals surface area (Å²) in [5.74, 6) is 6.40. The molecule has 0 saturated heterocycles. The van der Waals surface area contributed by atoms with E-state index in [1.54, 1.807) is 0 Å². The van der Waals surface area contributed by atoms with Gasteiger partial charge in [0.2, 0.25) is 0 Å². The first kappa shape index (κ1) is 16.8. The first-order valence-corrected chi connectivity index (χ1v) is 8.29. The standard InChI is InChI=1S/C21H24N2/c1-2-3-4-11-18-22-23(21-16-9-6-10-17-21)19-12-15-20-13-7-5-8-14-20/h5-10,13-14,16-18H,2-4,11,19H2,1H3/b22-18+. The number of nitrogens with zero attached hydrogens (tertiary/aromatic N) is 2. The number of hydrogen-bond acceptors (Lipinski definition) is 2. The Morgan fingerprint density at radius 1 is 0.957 bits per heavy atom. The number of benzene rings is 2. The molecule has 2 nitrogen and oxygen atoms in total. The van der Waals surface area contributed by atoms with Crippen LogP contribution in [0.25, 0.3) is 0 Å². The van der Waals surface area contributed by atoms with Gasteiger partial charge in [-0.1, -0.05) is 68.0 Å². The third-order valence-electron chi connectivity index (χ3n) is 3.45. The second-order valence-corrected chi connectivity index (χ2v) is 5.35. The molecule has 0 aromatic heterocycles. The minimum absolute atomic E-state index is 0.586. The number of anilines is 1. The van der Waals surface area contributed by atoms with Crippen molar-refractivity contribution >= 4 is 11.9 Å². The predicted molar refractivity (Wildman–Crippen MR) is 99.7 cm³/mol. The second kappa shape index (κ2) is 10.2. The molecule has 0 spiro atoms. The smallest absolute Gasteiger partial charge is 0.103 e. The lowest BCUT2D eigenvalue weighted by atomic mass is 10.2. The van der Waals surface area contributed by atoms with Crippen molar-refractivity contribution in [1.29, 1.82) is 0 Å². The highest BCUT2D eigenvalue weighted by Gasteiger charge is 2.01. The van der Waals surface area contributed by atoms with E-state index < -0.39 is 0 Å². The summed E-state index contributed by atoms with van der Waals surface area (Å²) < 4.78 is 0. The highest BCUT2D eigenvalue weighted by atomic mass is 15.4. The maximum Gasteiger partial charge on any atom is 0.103 e. The summed E-state index contributed by atoms with van der Waals surface area (Å²) in [5, 5.41) is 6.56. The van der Waals surface area contributed by atoms with Crippen LogP contribution >= 0.6 is 0 Å². The van der Waals surface area contributed by atoms with Crippen molar-refractivity contribution in [2.45, 2.75) is 32.6 Å². The van der Waals surface area contributed by atoms with Crippen LogP contribution in [0.3, 0.4) is 0 Å². The van der Waals surface area contributed by atoms with Crippen molar-refractivity contribution in [3.05, 3.63) is 66.2 Å². The topological polar surface area (TPSA) is 15.6 Å². The molecule has 2 aromatic rings. The molecule has 0 bridgehead atoms. The molecule has 0 aliphatic heterocycles. The van der Waals surface area contributed by atoms with Gasteiger partial charge in [-0.25, -0.2) is 0 Å². The minimum Gasteiger partial charge on any atom is -0.254 e. The Morgan fingerprint density at radius 2 is 1.65 bits per heavy atom. The van der Waals surface area contributed by atoms with E-state index in [-0.39, 0.29) is 0 Å². The molecular weight excluding hydrogens is 280 g/mol. The summed E-state index contributed by atoms with van der Waals surface area (Å²) in [4.78, 5) is 0. The number of hydrazone groups is 1. The fourth-order valence-electron chi connectivity index (χ4n) is 2.18. The molecule has 118 valence electrons. The van der Waals surface area contributed by atoms with Crippen molar-refractivity contribution in [3.8, 4) is 11.8 Å². The van der Waals surface area contributed by atoms with Gasteiger partial charge in [-0.2, -0.15) is 5.10 Å². The van der Waals surface area contributed by atoms with Crippen molar-refractivity contribution < 1.29 is 0 Å². The fourth-order valence-corrected chi connectivity index (χ4v) is 2.18. The third kappa shape index (κ3) is 6.40. The van der Waals surface area contributed by atoms with Gasteiger partial charge in [0.25, 0.3) is 0 Å². The minimum atomic E-state index is 0.586. The van der Waals surface area contributed by atoms with E-state index in [0.717, 1.165) is 17.7 Å². The Balaban J connectivity index is 2.01. The molecule has 23 heavy (non-hydrogen) atoms. The number of hydrogen-bond donors (Lipinski definition) is 0. The van der Waals surface area contributed by atoms with Crippen LogP contribution in [-0.4, -0.2) is 12.8 Å². The Hall–Kier alpha value is -2.53.